The zero-order chi connectivity index (χ0) is 15.9. The number of aromatic amines is 1. The van der Waals surface area contributed by atoms with Crippen molar-refractivity contribution in [2.24, 2.45) is 0 Å². The fourth-order valence-corrected chi connectivity index (χ4v) is 3.97. The van der Waals surface area contributed by atoms with Gasteiger partial charge in [-0.2, -0.15) is 0 Å². The van der Waals surface area contributed by atoms with Crippen LogP contribution >= 0.6 is 23.6 Å². The third-order valence-electron chi connectivity index (χ3n) is 3.87. The molecule has 0 saturated carbocycles. The zero-order valence-corrected chi connectivity index (χ0v) is 14.5. The van der Waals surface area contributed by atoms with Crippen molar-refractivity contribution in [3.63, 3.8) is 0 Å². The molecular weight excluding hydrogens is 316 g/mol. The van der Waals surface area contributed by atoms with Crippen LogP contribution in [0.15, 0.2) is 17.3 Å². The summed E-state index contributed by atoms with van der Waals surface area (Å²) in [5.74, 6) is 0. The second-order valence-corrected chi connectivity index (χ2v) is 7.09. The number of hydrogen-bond acceptors (Lipinski definition) is 4. The first-order valence-electron chi connectivity index (χ1n) is 7.18. The average molecular weight is 334 g/mol. The Morgan fingerprint density at radius 1 is 1.32 bits per heavy atom. The van der Waals surface area contributed by atoms with E-state index < -0.39 is 0 Å². The minimum absolute atomic E-state index is 0.0161. The predicted molar refractivity (Wildman–Crippen MR) is 92.3 cm³/mol. The van der Waals surface area contributed by atoms with E-state index >= 15 is 0 Å². The maximum Gasteiger partial charge on any atom is 0.263 e. The maximum atomic E-state index is 12.7. The Labute approximate surface area is 137 Å². The number of nitrogens with zero attached hydrogens (tertiary/aromatic N) is 3. The molecule has 0 atom stereocenters. The highest BCUT2D eigenvalue weighted by atomic mass is 32.1. The average Bonchev–Trinajstić information content (AvgIpc) is 2.98. The molecular formula is C15H18N4OS2. The van der Waals surface area contributed by atoms with Crippen LogP contribution in [0, 0.1) is 25.5 Å². The third kappa shape index (κ3) is 2.66. The SMILES string of the molecule is Cc1cn(CCCn2c(=S)[nH]c3sc(C)c(C)c3c2=O)cn1. The van der Waals surface area contributed by atoms with E-state index in [9.17, 15) is 4.79 Å². The summed E-state index contributed by atoms with van der Waals surface area (Å²) in [6.45, 7) is 7.41. The summed E-state index contributed by atoms with van der Waals surface area (Å²) in [6, 6.07) is 0. The van der Waals surface area contributed by atoms with Gasteiger partial charge in [-0.3, -0.25) is 9.36 Å². The Morgan fingerprint density at radius 3 is 2.77 bits per heavy atom. The van der Waals surface area contributed by atoms with Crippen molar-refractivity contribution >= 4 is 33.8 Å². The molecule has 3 aromatic heterocycles. The van der Waals surface area contributed by atoms with Gasteiger partial charge in [0, 0.05) is 24.2 Å². The van der Waals surface area contributed by atoms with Gasteiger partial charge < -0.3 is 9.55 Å². The van der Waals surface area contributed by atoms with Crippen molar-refractivity contribution in [3.05, 3.63) is 43.8 Å². The molecule has 1 N–H and O–H groups in total. The molecule has 0 spiro atoms. The molecule has 5 nitrogen and oxygen atoms in total. The number of thiophene rings is 1. The molecule has 7 heteroatoms. The smallest absolute Gasteiger partial charge is 0.263 e. The van der Waals surface area contributed by atoms with Gasteiger partial charge in [0.1, 0.15) is 4.83 Å². The standard InChI is InChI=1S/C15H18N4OS2/c1-9-7-18(8-16-9)5-4-6-19-14(20)12-10(2)11(3)22-13(12)17-15(19)21/h7-8H,4-6H2,1-3H3,(H,17,21). The van der Waals surface area contributed by atoms with Gasteiger partial charge in [0.05, 0.1) is 17.4 Å². The van der Waals surface area contributed by atoms with E-state index in [1.54, 1.807) is 15.9 Å². The van der Waals surface area contributed by atoms with Gasteiger partial charge in [-0.25, -0.2) is 4.98 Å². The topological polar surface area (TPSA) is 55.6 Å². The second kappa shape index (κ2) is 5.81. The van der Waals surface area contributed by atoms with Crippen LogP contribution in [0.4, 0.5) is 0 Å². The molecule has 0 saturated heterocycles. The summed E-state index contributed by atoms with van der Waals surface area (Å²) in [6.07, 6.45) is 4.65. The van der Waals surface area contributed by atoms with Crippen LogP contribution in [0.2, 0.25) is 0 Å². The fraction of sp³-hybridized carbons (Fsp3) is 0.400. The Morgan fingerprint density at radius 2 is 2.09 bits per heavy atom. The first kappa shape index (κ1) is 15.2. The molecule has 0 bridgehead atoms. The Balaban J connectivity index is 1.89. The number of aryl methyl sites for hydroxylation is 4. The highest BCUT2D eigenvalue weighted by molar-refractivity contribution is 7.71. The highest BCUT2D eigenvalue weighted by Crippen LogP contribution is 2.25. The highest BCUT2D eigenvalue weighted by Gasteiger charge is 2.12. The number of H-pyrrole nitrogens is 1. The molecule has 0 aliphatic rings. The van der Waals surface area contributed by atoms with Crippen molar-refractivity contribution in [2.75, 3.05) is 0 Å². The second-order valence-electron chi connectivity index (χ2n) is 5.48. The molecule has 0 aliphatic heterocycles. The molecule has 0 radical (unpaired) electrons. The van der Waals surface area contributed by atoms with E-state index in [2.05, 4.69) is 9.97 Å². The van der Waals surface area contributed by atoms with Gasteiger partial charge in [-0.1, -0.05) is 0 Å². The monoisotopic (exact) mass is 334 g/mol. The molecule has 3 aromatic rings. The molecule has 3 rings (SSSR count). The van der Waals surface area contributed by atoms with Crippen LogP contribution in [-0.4, -0.2) is 19.1 Å². The minimum atomic E-state index is 0.0161. The largest absolute Gasteiger partial charge is 0.337 e. The number of nitrogens with one attached hydrogen (secondary N) is 1. The molecule has 3 heterocycles. The summed E-state index contributed by atoms with van der Waals surface area (Å²) in [5.41, 5.74) is 2.07. The lowest BCUT2D eigenvalue weighted by Gasteiger charge is -2.07. The van der Waals surface area contributed by atoms with E-state index in [0.717, 1.165) is 39.3 Å². The van der Waals surface area contributed by atoms with Crippen LogP contribution in [0.1, 0.15) is 22.6 Å². The number of aromatic nitrogens is 4. The lowest BCUT2D eigenvalue weighted by Crippen LogP contribution is -2.22. The van der Waals surface area contributed by atoms with Crippen LogP contribution in [0.25, 0.3) is 10.2 Å². The van der Waals surface area contributed by atoms with E-state index in [1.165, 1.54) is 0 Å². The van der Waals surface area contributed by atoms with Gasteiger partial charge in [-0.15, -0.1) is 11.3 Å². The van der Waals surface area contributed by atoms with E-state index in [-0.39, 0.29) is 5.56 Å². The van der Waals surface area contributed by atoms with Gasteiger partial charge in [0.2, 0.25) is 0 Å². The summed E-state index contributed by atoms with van der Waals surface area (Å²) >= 11 is 6.94. The first-order valence-corrected chi connectivity index (χ1v) is 8.41. The molecule has 22 heavy (non-hydrogen) atoms. The molecule has 0 aliphatic carbocycles. The lowest BCUT2D eigenvalue weighted by atomic mass is 10.2. The van der Waals surface area contributed by atoms with Gasteiger partial charge in [0.15, 0.2) is 4.77 Å². The Hall–Kier alpha value is -1.73. The van der Waals surface area contributed by atoms with Gasteiger partial charge in [-0.05, 0) is 45.0 Å². The first-order chi connectivity index (χ1) is 10.5. The Kier molecular flexibility index (Phi) is 4.01. The number of hydrogen-bond donors (Lipinski definition) is 1. The lowest BCUT2D eigenvalue weighted by molar-refractivity contribution is 0.546. The van der Waals surface area contributed by atoms with Crippen LogP contribution in [0.5, 0.6) is 0 Å². The van der Waals surface area contributed by atoms with Crippen molar-refractivity contribution in [1.29, 1.82) is 0 Å². The van der Waals surface area contributed by atoms with Crippen molar-refractivity contribution in [2.45, 2.75) is 40.3 Å². The predicted octanol–water partition coefficient (Wildman–Crippen LogP) is 3.33. The van der Waals surface area contributed by atoms with Crippen LogP contribution in [0.3, 0.4) is 0 Å². The molecule has 0 unspecified atom stereocenters. The van der Waals surface area contributed by atoms with Gasteiger partial charge in [0.25, 0.3) is 5.56 Å². The summed E-state index contributed by atoms with van der Waals surface area (Å²) in [4.78, 5) is 22.1. The third-order valence-corrected chi connectivity index (χ3v) is 5.32. The van der Waals surface area contributed by atoms with Crippen molar-refractivity contribution in [3.8, 4) is 0 Å². The Bertz CT molecular complexity index is 945. The van der Waals surface area contributed by atoms with Gasteiger partial charge >= 0.3 is 0 Å². The number of fused-ring (bicyclic) bond motifs is 1. The molecule has 116 valence electrons. The van der Waals surface area contributed by atoms with E-state index in [0.29, 0.717) is 11.3 Å². The zero-order valence-electron chi connectivity index (χ0n) is 12.8. The number of rotatable bonds is 4. The summed E-state index contributed by atoms with van der Waals surface area (Å²) in [5, 5.41) is 0.773. The van der Waals surface area contributed by atoms with E-state index in [1.807, 2.05) is 37.9 Å². The maximum absolute atomic E-state index is 12.7. The van der Waals surface area contributed by atoms with Crippen LogP contribution < -0.4 is 5.56 Å². The molecule has 0 fully saturated rings. The summed E-state index contributed by atoms with van der Waals surface area (Å²) < 4.78 is 4.20. The fourth-order valence-electron chi connectivity index (χ4n) is 2.57. The van der Waals surface area contributed by atoms with Crippen molar-refractivity contribution in [1.82, 2.24) is 19.1 Å². The molecule has 0 aromatic carbocycles. The molecule has 0 amide bonds. The minimum Gasteiger partial charge on any atom is -0.337 e. The normalized spacial score (nSPS) is 11.4. The van der Waals surface area contributed by atoms with Crippen LogP contribution in [-0.2, 0) is 13.1 Å². The summed E-state index contributed by atoms with van der Waals surface area (Å²) in [7, 11) is 0. The van der Waals surface area contributed by atoms with E-state index in [4.69, 9.17) is 12.2 Å². The van der Waals surface area contributed by atoms with Crippen molar-refractivity contribution < 1.29 is 0 Å². The number of imidazole rings is 1. The quantitative estimate of drug-likeness (QED) is 0.745.